The summed E-state index contributed by atoms with van der Waals surface area (Å²) in [5.41, 5.74) is 1.02. The summed E-state index contributed by atoms with van der Waals surface area (Å²) in [4.78, 5) is 10.7. The molecule has 1 rings (SSSR count). The molecule has 0 bridgehead atoms. The van der Waals surface area contributed by atoms with Gasteiger partial charge in [-0.05, 0) is 12.1 Å². The molecule has 1 atom stereocenters. The van der Waals surface area contributed by atoms with E-state index in [1.165, 1.54) is 6.92 Å². The number of para-hydroxylation sites is 1. The first-order chi connectivity index (χ1) is 6.18. The number of anilines is 1. The van der Waals surface area contributed by atoms with Crippen molar-refractivity contribution < 1.29 is 17.2 Å². The fraction of sp³-hybridized carbons (Fsp3) is 0.222. The minimum absolute atomic E-state index is 0. The van der Waals surface area contributed by atoms with Crippen molar-refractivity contribution in [1.29, 1.82) is 0 Å². The quantitative estimate of drug-likeness (QED) is 0.612. The lowest BCUT2D eigenvalue weighted by atomic mass is 10.3. The first-order valence-corrected chi connectivity index (χ1v) is 5.56. The molecule has 1 aromatic rings. The third-order valence-electron chi connectivity index (χ3n) is 1.34. The van der Waals surface area contributed by atoms with Crippen LogP contribution in [0.25, 0.3) is 0 Å². The Bertz CT molecular complexity index is 281. The Morgan fingerprint density at radius 2 is 1.86 bits per heavy atom. The van der Waals surface area contributed by atoms with Crippen LogP contribution in [0.15, 0.2) is 30.3 Å². The van der Waals surface area contributed by atoms with Crippen LogP contribution in [-0.4, -0.2) is 12.2 Å². The number of hydrogen-bond donors (Lipinski definition) is 2. The SMILES string of the molecule is CC(=O)N[S+](C)Nc1ccccc1.[Cl-]. The molecule has 0 aliphatic heterocycles. The highest BCUT2D eigenvalue weighted by Crippen LogP contribution is 2.06. The molecule has 0 aliphatic carbocycles. The fourth-order valence-corrected chi connectivity index (χ4v) is 1.90. The largest absolute Gasteiger partial charge is 1.00 e. The number of halogens is 1. The molecule has 0 saturated heterocycles. The van der Waals surface area contributed by atoms with Gasteiger partial charge in [-0.25, -0.2) is 0 Å². The number of carbonyl (C=O) groups is 1. The van der Waals surface area contributed by atoms with E-state index in [2.05, 4.69) is 9.44 Å². The summed E-state index contributed by atoms with van der Waals surface area (Å²) < 4.78 is 5.94. The van der Waals surface area contributed by atoms with Crippen LogP contribution in [0.2, 0.25) is 0 Å². The van der Waals surface area contributed by atoms with Gasteiger partial charge in [-0.2, -0.15) is 4.72 Å². The number of benzene rings is 1. The molecule has 1 aromatic carbocycles. The van der Waals surface area contributed by atoms with Gasteiger partial charge < -0.3 is 12.4 Å². The summed E-state index contributed by atoms with van der Waals surface area (Å²) in [5, 5.41) is 0. The van der Waals surface area contributed by atoms with Gasteiger partial charge in [-0.15, -0.1) is 4.72 Å². The highest BCUT2D eigenvalue weighted by Gasteiger charge is 2.12. The van der Waals surface area contributed by atoms with Crippen LogP contribution in [0, 0.1) is 0 Å². The first-order valence-electron chi connectivity index (χ1n) is 3.93. The van der Waals surface area contributed by atoms with E-state index in [4.69, 9.17) is 0 Å². The third-order valence-corrected chi connectivity index (χ3v) is 2.48. The normalized spacial score (nSPS) is 11.0. The van der Waals surface area contributed by atoms with Gasteiger partial charge in [0.25, 0.3) is 5.91 Å². The van der Waals surface area contributed by atoms with Gasteiger partial charge in [0.15, 0.2) is 0 Å². The smallest absolute Gasteiger partial charge is 0.259 e. The van der Waals surface area contributed by atoms with Crippen molar-refractivity contribution in [2.75, 3.05) is 11.0 Å². The Labute approximate surface area is 93.3 Å². The van der Waals surface area contributed by atoms with E-state index in [-0.39, 0.29) is 29.6 Å². The minimum Gasteiger partial charge on any atom is -1.00 e. The van der Waals surface area contributed by atoms with Crippen molar-refractivity contribution in [3.05, 3.63) is 30.3 Å². The Hall–Kier alpha value is -0.870. The molecule has 3 nitrogen and oxygen atoms in total. The highest BCUT2D eigenvalue weighted by molar-refractivity contribution is 7.96. The molecular formula is C9H13ClN2OS. The van der Waals surface area contributed by atoms with Gasteiger partial charge in [0.2, 0.25) is 11.3 Å². The zero-order valence-electron chi connectivity index (χ0n) is 8.08. The van der Waals surface area contributed by atoms with E-state index in [1.807, 2.05) is 36.6 Å². The maximum Gasteiger partial charge on any atom is 0.259 e. The third kappa shape index (κ3) is 4.99. The molecule has 14 heavy (non-hydrogen) atoms. The maximum absolute atomic E-state index is 10.7. The van der Waals surface area contributed by atoms with Crippen LogP contribution in [0.4, 0.5) is 5.69 Å². The molecule has 5 heteroatoms. The monoisotopic (exact) mass is 232 g/mol. The van der Waals surface area contributed by atoms with Crippen LogP contribution in [0.3, 0.4) is 0 Å². The van der Waals surface area contributed by atoms with E-state index >= 15 is 0 Å². The van der Waals surface area contributed by atoms with Gasteiger partial charge in [0, 0.05) is 6.92 Å². The summed E-state index contributed by atoms with van der Waals surface area (Å²) in [6.07, 6.45) is 1.92. The van der Waals surface area contributed by atoms with Crippen LogP contribution < -0.4 is 21.9 Å². The molecule has 0 fully saturated rings. The van der Waals surface area contributed by atoms with Gasteiger partial charge in [0.05, 0.1) is 5.69 Å². The summed E-state index contributed by atoms with van der Waals surface area (Å²) in [7, 11) is 0. The zero-order valence-corrected chi connectivity index (χ0v) is 9.65. The number of nitrogens with one attached hydrogen (secondary N) is 2. The second kappa shape index (κ2) is 6.56. The Morgan fingerprint density at radius 1 is 1.29 bits per heavy atom. The molecule has 1 amide bonds. The molecule has 0 spiro atoms. The number of amides is 1. The molecule has 0 aliphatic rings. The summed E-state index contributed by atoms with van der Waals surface area (Å²) in [6.45, 7) is 1.51. The lowest BCUT2D eigenvalue weighted by Gasteiger charge is -2.03. The molecule has 0 saturated carbocycles. The van der Waals surface area contributed by atoms with Crippen molar-refractivity contribution in [3.8, 4) is 0 Å². The van der Waals surface area contributed by atoms with E-state index in [9.17, 15) is 4.79 Å². The lowest BCUT2D eigenvalue weighted by molar-refractivity contribution is -0.117. The number of rotatable bonds is 3. The number of carbonyl (C=O) groups excluding carboxylic acids is 1. The van der Waals surface area contributed by atoms with Crippen molar-refractivity contribution >= 4 is 22.9 Å². The second-order valence-electron chi connectivity index (χ2n) is 2.64. The molecular weight excluding hydrogens is 220 g/mol. The highest BCUT2D eigenvalue weighted by atomic mass is 35.5. The van der Waals surface area contributed by atoms with Crippen molar-refractivity contribution in [2.24, 2.45) is 0 Å². The Kier molecular flexibility index (Phi) is 6.16. The van der Waals surface area contributed by atoms with Crippen LogP contribution in [-0.2, 0) is 16.1 Å². The maximum atomic E-state index is 10.7. The van der Waals surface area contributed by atoms with Crippen LogP contribution in [0.5, 0.6) is 0 Å². The lowest BCUT2D eigenvalue weighted by Crippen LogP contribution is -3.00. The Morgan fingerprint density at radius 3 is 2.36 bits per heavy atom. The summed E-state index contributed by atoms with van der Waals surface area (Å²) in [6, 6.07) is 9.79. The molecule has 78 valence electrons. The fourth-order valence-electron chi connectivity index (χ4n) is 0.924. The standard InChI is InChI=1S/C9H12N2OS.ClH/c1-8(12)10-13(2)11-9-6-4-3-5-7-9;/h3-7H,1-2H3,(H,10,11,12);1H. The molecule has 0 aromatic heterocycles. The average molecular weight is 233 g/mol. The van der Waals surface area contributed by atoms with E-state index in [0.717, 1.165) is 5.69 Å². The predicted molar refractivity (Wildman–Crippen MR) is 57.2 cm³/mol. The summed E-state index contributed by atoms with van der Waals surface area (Å²) >= 11 is -0.301. The zero-order chi connectivity index (χ0) is 9.68. The topological polar surface area (TPSA) is 41.1 Å². The number of hydrogen-bond acceptors (Lipinski definition) is 2. The van der Waals surface area contributed by atoms with Gasteiger partial charge in [0.1, 0.15) is 6.26 Å². The van der Waals surface area contributed by atoms with Crippen molar-refractivity contribution in [3.63, 3.8) is 0 Å². The van der Waals surface area contributed by atoms with Crippen LogP contribution >= 0.6 is 0 Å². The average Bonchev–Trinajstić information content (AvgIpc) is 2.04. The molecule has 1 unspecified atom stereocenters. The van der Waals surface area contributed by atoms with Crippen molar-refractivity contribution in [1.82, 2.24) is 4.72 Å². The van der Waals surface area contributed by atoms with Gasteiger partial charge in [-0.3, -0.25) is 4.79 Å². The van der Waals surface area contributed by atoms with Gasteiger partial charge >= 0.3 is 0 Å². The second-order valence-corrected chi connectivity index (χ2v) is 4.07. The van der Waals surface area contributed by atoms with Crippen LogP contribution in [0.1, 0.15) is 6.92 Å². The van der Waals surface area contributed by atoms with E-state index in [0.29, 0.717) is 0 Å². The van der Waals surface area contributed by atoms with E-state index < -0.39 is 0 Å². The van der Waals surface area contributed by atoms with Crippen molar-refractivity contribution in [2.45, 2.75) is 6.92 Å². The first kappa shape index (κ1) is 13.1. The van der Waals surface area contributed by atoms with E-state index in [1.54, 1.807) is 0 Å². The van der Waals surface area contributed by atoms with Gasteiger partial charge in [-0.1, -0.05) is 18.2 Å². The molecule has 0 heterocycles. The molecule has 0 radical (unpaired) electrons. The summed E-state index contributed by atoms with van der Waals surface area (Å²) in [5.74, 6) is -0.0192. The Balaban J connectivity index is 0.00000169. The predicted octanol–water partition coefficient (Wildman–Crippen LogP) is -1.68. The molecule has 2 N–H and O–H groups in total. The minimum atomic E-state index is -0.301.